The van der Waals surface area contributed by atoms with Gasteiger partial charge in [-0.3, -0.25) is 4.98 Å². The standard InChI is InChI=1S/C18H21NO3/c1-12-11-19-16(13(2)18(12)22-5)9-7-14-6-8-15(20-3)10-17(14)21-4/h6-11H,1-5H3/b9-7+. The van der Waals surface area contributed by atoms with Crippen LogP contribution in [0.2, 0.25) is 0 Å². The number of hydrogen-bond donors (Lipinski definition) is 0. The van der Waals surface area contributed by atoms with E-state index in [0.717, 1.165) is 39.6 Å². The summed E-state index contributed by atoms with van der Waals surface area (Å²) in [6.07, 6.45) is 5.75. The molecule has 2 rings (SSSR count). The molecule has 0 aliphatic rings. The Morgan fingerprint density at radius 3 is 2.36 bits per heavy atom. The molecule has 0 aliphatic carbocycles. The van der Waals surface area contributed by atoms with E-state index in [4.69, 9.17) is 14.2 Å². The Hall–Kier alpha value is -2.49. The van der Waals surface area contributed by atoms with Crippen molar-refractivity contribution in [3.8, 4) is 17.2 Å². The molecule has 22 heavy (non-hydrogen) atoms. The number of methoxy groups -OCH3 is 3. The molecule has 0 saturated carbocycles. The summed E-state index contributed by atoms with van der Waals surface area (Å²) >= 11 is 0. The van der Waals surface area contributed by atoms with Gasteiger partial charge in [-0.2, -0.15) is 0 Å². The van der Waals surface area contributed by atoms with Crippen LogP contribution in [0.25, 0.3) is 12.2 Å². The van der Waals surface area contributed by atoms with Crippen molar-refractivity contribution in [2.24, 2.45) is 0 Å². The number of ether oxygens (including phenoxy) is 3. The Morgan fingerprint density at radius 2 is 1.73 bits per heavy atom. The molecule has 0 fully saturated rings. The van der Waals surface area contributed by atoms with Gasteiger partial charge in [0.1, 0.15) is 17.2 Å². The molecule has 1 aromatic heterocycles. The van der Waals surface area contributed by atoms with E-state index < -0.39 is 0 Å². The molecule has 4 nitrogen and oxygen atoms in total. The highest BCUT2D eigenvalue weighted by Crippen LogP contribution is 2.28. The summed E-state index contributed by atoms with van der Waals surface area (Å²) in [5.74, 6) is 2.39. The van der Waals surface area contributed by atoms with Crippen molar-refractivity contribution < 1.29 is 14.2 Å². The molecule has 0 radical (unpaired) electrons. The van der Waals surface area contributed by atoms with Crippen LogP contribution in [-0.2, 0) is 0 Å². The molecule has 0 aliphatic heterocycles. The summed E-state index contributed by atoms with van der Waals surface area (Å²) in [6, 6.07) is 5.71. The van der Waals surface area contributed by atoms with Gasteiger partial charge in [-0.05, 0) is 38.1 Å². The summed E-state index contributed by atoms with van der Waals surface area (Å²) in [5, 5.41) is 0. The van der Waals surface area contributed by atoms with Crippen molar-refractivity contribution in [1.82, 2.24) is 4.98 Å². The quantitative estimate of drug-likeness (QED) is 0.839. The molecular formula is C18H21NO3. The highest BCUT2D eigenvalue weighted by atomic mass is 16.5. The van der Waals surface area contributed by atoms with Gasteiger partial charge in [0.15, 0.2) is 0 Å². The molecule has 0 bridgehead atoms. The van der Waals surface area contributed by atoms with E-state index >= 15 is 0 Å². The van der Waals surface area contributed by atoms with Crippen LogP contribution >= 0.6 is 0 Å². The predicted molar refractivity (Wildman–Crippen MR) is 88.7 cm³/mol. The summed E-state index contributed by atoms with van der Waals surface area (Å²) < 4.78 is 16.0. The van der Waals surface area contributed by atoms with Crippen molar-refractivity contribution in [2.45, 2.75) is 13.8 Å². The number of pyridine rings is 1. The normalized spacial score (nSPS) is 10.8. The minimum atomic E-state index is 0.757. The number of aromatic nitrogens is 1. The van der Waals surface area contributed by atoms with Gasteiger partial charge in [0, 0.05) is 29.0 Å². The predicted octanol–water partition coefficient (Wildman–Crippen LogP) is 3.89. The first-order valence-electron chi connectivity index (χ1n) is 7.01. The highest BCUT2D eigenvalue weighted by Gasteiger charge is 2.08. The lowest BCUT2D eigenvalue weighted by atomic mass is 10.1. The lowest BCUT2D eigenvalue weighted by Crippen LogP contribution is -1.96. The first kappa shape index (κ1) is 15.9. The monoisotopic (exact) mass is 299 g/mol. The van der Waals surface area contributed by atoms with E-state index in [0.29, 0.717) is 0 Å². The zero-order chi connectivity index (χ0) is 16.1. The van der Waals surface area contributed by atoms with E-state index in [2.05, 4.69) is 4.98 Å². The lowest BCUT2D eigenvalue weighted by molar-refractivity contribution is 0.394. The third-order valence-corrected chi connectivity index (χ3v) is 3.55. The van der Waals surface area contributed by atoms with Crippen LogP contribution in [0.5, 0.6) is 17.2 Å². The topological polar surface area (TPSA) is 40.6 Å². The fourth-order valence-corrected chi connectivity index (χ4v) is 2.34. The second-order valence-corrected chi connectivity index (χ2v) is 4.93. The van der Waals surface area contributed by atoms with Gasteiger partial charge >= 0.3 is 0 Å². The van der Waals surface area contributed by atoms with Crippen molar-refractivity contribution in [2.75, 3.05) is 21.3 Å². The maximum Gasteiger partial charge on any atom is 0.129 e. The molecule has 0 spiro atoms. The molecule has 1 heterocycles. The highest BCUT2D eigenvalue weighted by molar-refractivity contribution is 5.73. The summed E-state index contributed by atoms with van der Waals surface area (Å²) in [5.41, 5.74) is 3.88. The molecular weight excluding hydrogens is 278 g/mol. The largest absolute Gasteiger partial charge is 0.497 e. The maximum absolute atomic E-state index is 5.43. The van der Waals surface area contributed by atoms with Crippen LogP contribution < -0.4 is 14.2 Å². The fraction of sp³-hybridized carbons (Fsp3) is 0.278. The van der Waals surface area contributed by atoms with Crippen LogP contribution in [0.15, 0.2) is 24.4 Å². The molecule has 2 aromatic rings. The molecule has 0 saturated heterocycles. The molecule has 116 valence electrons. The van der Waals surface area contributed by atoms with Gasteiger partial charge in [-0.1, -0.05) is 0 Å². The van der Waals surface area contributed by atoms with Crippen LogP contribution in [0.4, 0.5) is 0 Å². The molecule has 0 amide bonds. The summed E-state index contributed by atoms with van der Waals surface area (Å²) in [7, 11) is 4.95. The van der Waals surface area contributed by atoms with Crippen molar-refractivity contribution in [3.05, 3.63) is 46.8 Å². The van der Waals surface area contributed by atoms with Gasteiger partial charge in [0.05, 0.1) is 27.0 Å². The van der Waals surface area contributed by atoms with Crippen molar-refractivity contribution >= 4 is 12.2 Å². The van der Waals surface area contributed by atoms with Gasteiger partial charge in [-0.25, -0.2) is 0 Å². The van der Waals surface area contributed by atoms with Crippen LogP contribution in [0.3, 0.4) is 0 Å². The SMILES string of the molecule is COc1ccc(/C=C/c2ncc(C)c(OC)c2C)c(OC)c1. The van der Waals surface area contributed by atoms with E-state index in [1.807, 2.05) is 50.4 Å². The van der Waals surface area contributed by atoms with Crippen molar-refractivity contribution in [1.29, 1.82) is 0 Å². The molecule has 4 heteroatoms. The molecule has 0 unspecified atom stereocenters. The minimum Gasteiger partial charge on any atom is -0.497 e. The molecule has 1 aromatic carbocycles. The molecule has 0 atom stereocenters. The molecule has 0 N–H and O–H groups in total. The number of benzene rings is 1. The number of rotatable bonds is 5. The first-order chi connectivity index (χ1) is 10.6. The second kappa shape index (κ2) is 6.98. The average molecular weight is 299 g/mol. The Balaban J connectivity index is 2.37. The minimum absolute atomic E-state index is 0.757. The van der Waals surface area contributed by atoms with E-state index in [1.54, 1.807) is 21.3 Å². The Kier molecular flexibility index (Phi) is 5.04. The number of nitrogens with zero attached hydrogens (tertiary/aromatic N) is 1. The van der Waals surface area contributed by atoms with Crippen LogP contribution in [0, 0.1) is 13.8 Å². The summed E-state index contributed by atoms with van der Waals surface area (Å²) in [6.45, 7) is 3.99. The zero-order valence-electron chi connectivity index (χ0n) is 13.6. The van der Waals surface area contributed by atoms with Crippen molar-refractivity contribution in [3.63, 3.8) is 0 Å². The maximum atomic E-state index is 5.43. The van der Waals surface area contributed by atoms with E-state index in [9.17, 15) is 0 Å². The van der Waals surface area contributed by atoms with Crippen LogP contribution in [-0.4, -0.2) is 26.3 Å². The van der Waals surface area contributed by atoms with E-state index in [1.165, 1.54) is 0 Å². The smallest absolute Gasteiger partial charge is 0.129 e. The Labute approximate surface area is 131 Å². The van der Waals surface area contributed by atoms with Gasteiger partial charge in [0.25, 0.3) is 0 Å². The first-order valence-corrected chi connectivity index (χ1v) is 7.01. The number of aryl methyl sites for hydroxylation is 1. The van der Waals surface area contributed by atoms with Crippen LogP contribution in [0.1, 0.15) is 22.4 Å². The average Bonchev–Trinajstić information content (AvgIpc) is 2.54. The lowest BCUT2D eigenvalue weighted by Gasteiger charge is -2.10. The Morgan fingerprint density at radius 1 is 0.955 bits per heavy atom. The van der Waals surface area contributed by atoms with Gasteiger partial charge in [-0.15, -0.1) is 0 Å². The zero-order valence-corrected chi connectivity index (χ0v) is 13.6. The van der Waals surface area contributed by atoms with Gasteiger partial charge in [0.2, 0.25) is 0 Å². The second-order valence-electron chi connectivity index (χ2n) is 4.93. The third kappa shape index (κ3) is 3.22. The number of hydrogen-bond acceptors (Lipinski definition) is 4. The van der Waals surface area contributed by atoms with Gasteiger partial charge < -0.3 is 14.2 Å². The van der Waals surface area contributed by atoms with E-state index in [-0.39, 0.29) is 0 Å². The summed E-state index contributed by atoms with van der Waals surface area (Å²) in [4.78, 5) is 4.46. The Bertz CT molecular complexity index is 693. The fourth-order valence-electron chi connectivity index (χ4n) is 2.34. The third-order valence-electron chi connectivity index (χ3n) is 3.55.